The first kappa shape index (κ1) is 12.2. The van der Waals surface area contributed by atoms with E-state index in [2.05, 4.69) is 10.2 Å². The van der Waals surface area contributed by atoms with Gasteiger partial charge in [0.2, 0.25) is 5.91 Å². The molecule has 1 unspecified atom stereocenters. The van der Waals surface area contributed by atoms with E-state index in [1.807, 2.05) is 12.1 Å². The van der Waals surface area contributed by atoms with Crippen molar-refractivity contribution in [3.8, 4) is 0 Å². The van der Waals surface area contributed by atoms with Gasteiger partial charge < -0.3 is 11.1 Å². The minimum atomic E-state index is -0.163. The van der Waals surface area contributed by atoms with Crippen LogP contribution in [0.25, 0.3) is 0 Å². The second-order valence-electron chi connectivity index (χ2n) is 5.20. The molecule has 5 heteroatoms. The third-order valence-electron chi connectivity index (χ3n) is 3.90. The number of hydrogen-bond donors (Lipinski definition) is 2. The normalized spacial score (nSPS) is 23.9. The SMILES string of the molecule is Nc1ccc2c(c1)NC(=O)C(N1CCC(=O)CC1)C2. The number of fused-ring (bicyclic) bond motifs is 1. The highest BCUT2D eigenvalue weighted by Crippen LogP contribution is 2.27. The van der Waals surface area contributed by atoms with Crippen LogP contribution in [0, 0.1) is 0 Å². The third kappa shape index (κ3) is 2.33. The van der Waals surface area contributed by atoms with Gasteiger partial charge in [-0.3, -0.25) is 14.5 Å². The molecule has 0 aromatic heterocycles. The highest BCUT2D eigenvalue weighted by Gasteiger charge is 2.32. The van der Waals surface area contributed by atoms with Gasteiger partial charge >= 0.3 is 0 Å². The Labute approximate surface area is 111 Å². The maximum absolute atomic E-state index is 12.2. The average Bonchev–Trinajstić information content (AvgIpc) is 2.39. The number of anilines is 2. The number of nitrogen functional groups attached to an aromatic ring is 1. The van der Waals surface area contributed by atoms with Crippen LogP contribution in [-0.2, 0) is 16.0 Å². The zero-order valence-electron chi connectivity index (χ0n) is 10.7. The number of likely N-dealkylation sites (tertiary alicyclic amines) is 1. The molecule has 1 aromatic rings. The lowest BCUT2D eigenvalue weighted by Gasteiger charge is -2.36. The minimum Gasteiger partial charge on any atom is -0.399 e. The van der Waals surface area contributed by atoms with Crippen molar-refractivity contribution in [2.24, 2.45) is 0 Å². The quantitative estimate of drug-likeness (QED) is 0.731. The van der Waals surface area contributed by atoms with E-state index in [9.17, 15) is 9.59 Å². The van der Waals surface area contributed by atoms with Crippen LogP contribution in [0.2, 0.25) is 0 Å². The van der Waals surface area contributed by atoms with Gasteiger partial charge in [0, 0.05) is 37.3 Å². The zero-order chi connectivity index (χ0) is 13.4. The summed E-state index contributed by atoms with van der Waals surface area (Å²) in [6, 6.07) is 5.45. The smallest absolute Gasteiger partial charge is 0.242 e. The number of carbonyl (C=O) groups is 2. The molecule has 1 fully saturated rings. The van der Waals surface area contributed by atoms with Crippen molar-refractivity contribution in [1.29, 1.82) is 0 Å². The number of nitrogens with two attached hydrogens (primary N) is 1. The van der Waals surface area contributed by atoms with Crippen molar-refractivity contribution in [3.63, 3.8) is 0 Å². The van der Waals surface area contributed by atoms with E-state index in [0.29, 0.717) is 43.8 Å². The molecule has 3 rings (SSSR count). The van der Waals surface area contributed by atoms with Gasteiger partial charge in [-0.25, -0.2) is 0 Å². The Morgan fingerprint density at radius 2 is 1.95 bits per heavy atom. The summed E-state index contributed by atoms with van der Waals surface area (Å²) in [4.78, 5) is 25.5. The van der Waals surface area contributed by atoms with Crippen LogP contribution in [0.4, 0.5) is 11.4 Å². The van der Waals surface area contributed by atoms with Gasteiger partial charge in [-0.05, 0) is 24.1 Å². The second-order valence-corrected chi connectivity index (χ2v) is 5.20. The highest BCUT2D eigenvalue weighted by atomic mass is 16.2. The molecule has 0 saturated carbocycles. The molecule has 1 saturated heterocycles. The summed E-state index contributed by atoms with van der Waals surface area (Å²) in [5, 5.41) is 2.91. The van der Waals surface area contributed by atoms with E-state index in [0.717, 1.165) is 11.3 Å². The van der Waals surface area contributed by atoms with Crippen LogP contribution in [0.15, 0.2) is 18.2 Å². The molecule has 0 bridgehead atoms. The van der Waals surface area contributed by atoms with E-state index in [1.165, 1.54) is 0 Å². The van der Waals surface area contributed by atoms with Gasteiger partial charge in [-0.15, -0.1) is 0 Å². The molecule has 1 amide bonds. The van der Waals surface area contributed by atoms with Crippen molar-refractivity contribution in [1.82, 2.24) is 4.90 Å². The van der Waals surface area contributed by atoms with Crippen LogP contribution in [0.5, 0.6) is 0 Å². The van der Waals surface area contributed by atoms with Crippen molar-refractivity contribution < 1.29 is 9.59 Å². The summed E-state index contributed by atoms with van der Waals surface area (Å²) in [5.41, 5.74) is 8.30. The fraction of sp³-hybridized carbons (Fsp3) is 0.429. The standard InChI is InChI=1S/C14H17N3O2/c15-10-2-1-9-7-13(14(19)16-12(9)8-10)17-5-3-11(18)4-6-17/h1-2,8,13H,3-7,15H2,(H,16,19). The van der Waals surface area contributed by atoms with E-state index < -0.39 is 0 Å². The molecule has 2 aliphatic rings. The first-order valence-electron chi connectivity index (χ1n) is 6.58. The minimum absolute atomic E-state index is 0.00690. The molecule has 3 N–H and O–H groups in total. The number of amides is 1. The number of ketones is 1. The van der Waals surface area contributed by atoms with Crippen molar-refractivity contribution in [2.75, 3.05) is 24.1 Å². The summed E-state index contributed by atoms with van der Waals surface area (Å²) in [6.45, 7) is 1.36. The molecule has 2 aliphatic heterocycles. The Kier molecular flexibility index (Phi) is 2.98. The van der Waals surface area contributed by atoms with Crippen LogP contribution in [-0.4, -0.2) is 35.7 Å². The predicted molar refractivity (Wildman–Crippen MR) is 72.8 cm³/mol. The average molecular weight is 259 g/mol. The van der Waals surface area contributed by atoms with Gasteiger partial charge in [0.05, 0.1) is 6.04 Å². The lowest BCUT2D eigenvalue weighted by Crippen LogP contribution is -2.50. The van der Waals surface area contributed by atoms with Gasteiger partial charge in [0.1, 0.15) is 5.78 Å². The molecule has 0 aliphatic carbocycles. The monoisotopic (exact) mass is 259 g/mol. The molecule has 0 radical (unpaired) electrons. The lowest BCUT2D eigenvalue weighted by atomic mass is 9.95. The van der Waals surface area contributed by atoms with E-state index in [-0.39, 0.29) is 11.9 Å². The fourth-order valence-electron chi connectivity index (χ4n) is 2.79. The Morgan fingerprint density at radius 1 is 1.21 bits per heavy atom. The van der Waals surface area contributed by atoms with Crippen molar-refractivity contribution in [3.05, 3.63) is 23.8 Å². The largest absolute Gasteiger partial charge is 0.399 e. The molecule has 100 valence electrons. The number of nitrogens with one attached hydrogen (secondary N) is 1. The molecule has 5 nitrogen and oxygen atoms in total. The Hall–Kier alpha value is -1.88. The first-order chi connectivity index (χ1) is 9.13. The maximum Gasteiger partial charge on any atom is 0.242 e. The topological polar surface area (TPSA) is 75.4 Å². The number of carbonyl (C=O) groups excluding carboxylic acids is 2. The van der Waals surface area contributed by atoms with Crippen molar-refractivity contribution in [2.45, 2.75) is 25.3 Å². The maximum atomic E-state index is 12.2. The van der Waals surface area contributed by atoms with Crippen LogP contribution < -0.4 is 11.1 Å². The molecule has 1 aromatic carbocycles. The summed E-state index contributed by atoms with van der Waals surface area (Å²) in [6.07, 6.45) is 1.80. The molecule has 0 spiro atoms. The number of Topliss-reactive ketones (excluding diaryl/α,β-unsaturated/α-hetero) is 1. The van der Waals surface area contributed by atoms with Gasteiger partial charge in [0.15, 0.2) is 0 Å². The summed E-state index contributed by atoms with van der Waals surface area (Å²) in [5.74, 6) is 0.299. The van der Waals surface area contributed by atoms with Crippen LogP contribution >= 0.6 is 0 Å². The third-order valence-corrected chi connectivity index (χ3v) is 3.90. The van der Waals surface area contributed by atoms with Gasteiger partial charge in [-0.1, -0.05) is 6.07 Å². The summed E-state index contributed by atoms with van der Waals surface area (Å²) >= 11 is 0. The Balaban J connectivity index is 1.80. The molecule has 2 heterocycles. The number of hydrogen-bond acceptors (Lipinski definition) is 4. The van der Waals surface area contributed by atoms with Gasteiger partial charge in [0.25, 0.3) is 0 Å². The Bertz CT molecular complexity index is 531. The lowest BCUT2D eigenvalue weighted by molar-refractivity contribution is -0.127. The van der Waals surface area contributed by atoms with Gasteiger partial charge in [-0.2, -0.15) is 0 Å². The summed E-state index contributed by atoms with van der Waals surface area (Å²) < 4.78 is 0. The number of nitrogens with zero attached hydrogens (tertiary/aromatic N) is 1. The zero-order valence-corrected chi connectivity index (χ0v) is 10.7. The summed E-state index contributed by atoms with van der Waals surface area (Å²) in [7, 11) is 0. The molecule has 19 heavy (non-hydrogen) atoms. The predicted octanol–water partition coefficient (Wildman–Crippen LogP) is 0.797. The Morgan fingerprint density at radius 3 is 2.68 bits per heavy atom. The molecular weight excluding hydrogens is 242 g/mol. The highest BCUT2D eigenvalue weighted by molar-refractivity contribution is 5.98. The number of benzene rings is 1. The van der Waals surface area contributed by atoms with E-state index >= 15 is 0 Å². The van der Waals surface area contributed by atoms with E-state index in [1.54, 1.807) is 6.07 Å². The number of rotatable bonds is 1. The molecule has 1 atom stereocenters. The first-order valence-corrected chi connectivity index (χ1v) is 6.58. The second kappa shape index (κ2) is 4.66. The number of piperidine rings is 1. The fourth-order valence-corrected chi connectivity index (χ4v) is 2.79. The molecular formula is C14H17N3O2. The van der Waals surface area contributed by atoms with E-state index in [4.69, 9.17) is 5.73 Å². The van der Waals surface area contributed by atoms with Crippen LogP contribution in [0.1, 0.15) is 18.4 Å². The van der Waals surface area contributed by atoms with Crippen LogP contribution in [0.3, 0.4) is 0 Å². The van der Waals surface area contributed by atoms with Crippen molar-refractivity contribution >= 4 is 23.1 Å².